The normalized spacial score (nSPS) is 24.9. The van der Waals surface area contributed by atoms with E-state index in [1.54, 1.807) is 12.3 Å². The van der Waals surface area contributed by atoms with Crippen molar-refractivity contribution in [2.24, 2.45) is 5.92 Å². The van der Waals surface area contributed by atoms with Gasteiger partial charge in [0.1, 0.15) is 18.9 Å². The number of carbonyl (C=O) groups is 1. The van der Waals surface area contributed by atoms with Crippen molar-refractivity contribution >= 4 is 11.6 Å². The monoisotopic (exact) mass is 295 g/mol. The van der Waals surface area contributed by atoms with E-state index < -0.39 is 6.10 Å². The highest BCUT2D eigenvalue weighted by atomic mass is 16.6. The average molecular weight is 295 g/mol. The van der Waals surface area contributed by atoms with Crippen LogP contribution in [0.15, 0.2) is 18.3 Å². The minimum Gasteiger partial charge on any atom is -0.396 e. The standard InChI is InChI=1S/C15H22N2O4/c1-10-8-14(21-11(10)2)15(19)16-12-4-5-13(6-7-18)17(9-12)20-3/h4-5,9-11,14,18H,6-8H2,1-3H3/p+1. The van der Waals surface area contributed by atoms with E-state index in [0.717, 1.165) is 12.1 Å². The van der Waals surface area contributed by atoms with Gasteiger partial charge in [0.25, 0.3) is 5.91 Å². The van der Waals surface area contributed by atoms with Crippen molar-refractivity contribution < 1.29 is 24.2 Å². The Hall–Kier alpha value is -1.66. The molecule has 1 amide bonds. The first kappa shape index (κ1) is 15.7. The zero-order chi connectivity index (χ0) is 15.4. The van der Waals surface area contributed by atoms with Gasteiger partial charge in [-0.3, -0.25) is 9.63 Å². The molecule has 0 saturated carbocycles. The van der Waals surface area contributed by atoms with Gasteiger partial charge in [-0.25, -0.2) is 0 Å². The Labute approximate surface area is 124 Å². The molecule has 116 valence electrons. The van der Waals surface area contributed by atoms with Crippen molar-refractivity contribution in [1.29, 1.82) is 0 Å². The fourth-order valence-electron chi connectivity index (χ4n) is 2.43. The van der Waals surface area contributed by atoms with Crippen LogP contribution in [-0.2, 0) is 16.0 Å². The van der Waals surface area contributed by atoms with Gasteiger partial charge in [0.15, 0.2) is 0 Å². The number of anilines is 1. The first-order valence-electron chi connectivity index (χ1n) is 7.21. The van der Waals surface area contributed by atoms with Crippen LogP contribution in [0.5, 0.6) is 0 Å². The molecule has 1 fully saturated rings. The summed E-state index contributed by atoms with van der Waals surface area (Å²) in [6, 6.07) is 3.61. The number of ether oxygens (including phenoxy) is 1. The molecule has 6 nitrogen and oxygen atoms in total. The number of aromatic nitrogens is 1. The van der Waals surface area contributed by atoms with Gasteiger partial charge < -0.3 is 15.2 Å². The summed E-state index contributed by atoms with van der Waals surface area (Å²) in [6.45, 7) is 4.11. The van der Waals surface area contributed by atoms with Crippen molar-refractivity contribution in [3.63, 3.8) is 0 Å². The topological polar surface area (TPSA) is 71.7 Å². The van der Waals surface area contributed by atoms with Gasteiger partial charge in [-0.1, -0.05) is 6.92 Å². The zero-order valence-corrected chi connectivity index (χ0v) is 12.7. The van der Waals surface area contributed by atoms with Crippen LogP contribution in [-0.4, -0.2) is 36.9 Å². The number of hydrogen-bond donors (Lipinski definition) is 2. The smallest absolute Gasteiger partial charge is 0.253 e. The molecule has 2 rings (SSSR count). The lowest BCUT2D eigenvalue weighted by Crippen LogP contribution is -2.45. The van der Waals surface area contributed by atoms with Crippen LogP contribution in [0.3, 0.4) is 0 Å². The van der Waals surface area contributed by atoms with Gasteiger partial charge in [-0.05, 0) is 25.3 Å². The van der Waals surface area contributed by atoms with Crippen LogP contribution < -0.4 is 14.9 Å². The molecule has 2 heterocycles. The number of hydrogen-bond acceptors (Lipinski definition) is 4. The molecule has 0 aromatic carbocycles. The highest BCUT2D eigenvalue weighted by molar-refractivity contribution is 5.94. The summed E-state index contributed by atoms with van der Waals surface area (Å²) in [5.41, 5.74) is 1.47. The molecule has 1 aromatic rings. The van der Waals surface area contributed by atoms with Gasteiger partial charge in [0, 0.05) is 10.8 Å². The molecule has 2 N–H and O–H groups in total. The molecule has 1 aliphatic rings. The van der Waals surface area contributed by atoms with E-state index in [9.17, 15) is 4.79 Å². The molecule has 0 bridgehead atoms. The van der Waals surface area contributed by atoms with E-state index in [1.807, 2.05) is 13.0 Å². The summed E-state index contributed by atoms with van der Waals surface area (Å²) in [5, 5.41) is 11.8. The Bertz CT molecular complexity index is 496. The molecule has 3 unspecified atom stereocenters. The fourth-order valence-corrected chi connectivity index (χ4v) is 2.43. The first-order chi connectivity index (χ1) is 10.0. The van der Waals surface area contributed by atoms with Gasteiger partial charge >= 0.3 is 0 Å². The Balaban J connectivity index is 2.04. The van der Waals surface area contributed by atoms with Crippen LogP contribution in [0.1, 0.15) is 26.0 Å². The van der Waals surface area contributed by atoms with Crippen LogP contribution in [0, 0.1) is 5.92 Å². The molecule has 0 spiro atoms. The molecular formula is C15H23N2O4+. The highest BCUT2D eigenvalue weighted by Gasteiger charge is 2.34. The molecule has 21 heavy (non-hydrogen) atoms. The van der Waals surface area contributed by atoms with Gasteiger partial charge in [0.2, 0.25) is 11.9 Å². The van der Waals surface area contributed by atoms with Crippen LogP contribution in [0.25, 0.3) is 0 Å². The Morgan fingerprint density at radius 1 is 1.52 bits per heavy atom. The molecule has 0 aliphatic carbocycles. The van der Waals surface area contributed by atoms with Gasteiger partial charge in [-0.2, -0.15) is 0 Å². The summed E-state index contributed by atoms with van der Waals surface area (Å²) in [5.74, 6) is 0.250. The minimum atomic E-state index is -0.400. The summed E-state index contributed by atoms with van der Waals surface area (Å²) in [4.78, 5) is 17.4. The molecule has 1 saturated heterocycles. The number of carbonyl (C=O) groups excluding carboxylic acids is 1. The van der Waals surface area contributed by atoms with Crippen molar-refractivity contribution in [2.75, 3.05) is 19.0 Å². The SMILES string of the molecule is CO[n+]1cc(NC(=O)C2CC(C)C(C)O2)ccc1CCO. The lowest BCUT2D eigenvalue weighted by Gasteiger charge is -2.11. The van der Waals surface area contributed by atoms with E-state index in [0.29, 0.717) is 18.0 Å². The molecule has 6 heteroatoms. The first-order valence-corrected chi connectivity index (χ1v) is 7.21. The van der Waals surface area contributed by atoms with Crippen LogP contribution in [0.4, 0.5) is 5.69 Å². The van der Waals surface area contributed by atoms with E-state index in [1.165, 1.54) is 11.8 Å². The number of nitrogens with zero attached hydrogens (tertiary/aromatic N) is 1. The molecular weight excluding hydrogens is 272 g/mol. The third-order valence-corrected chi connectivity index (χ3v) is 3.89. The summed E-state index contributed by atoms with van der Waals surface area (Å²) in [7, 11) is 1.54. The van der Waals surface area contributed by atoms with E-state index in [2.05, 4.69) is 12.2 Å². The maximum absolute atomic E-state index is 12.2. The minimum absolute atomic E-state index is 0.0424. The maximum atomic E-state index is 12.2. The lowest BCUT2D eigenvalue weighted by atomic mass is 10.0. The maximum Gasteiger partial charge on any atom is 0.253 e. The second-order valence-electron chi connectivity index (χ2n) is 5.42. The molecule has 0 radical (unpaired) electrons. The van der Waals surface area contributed by atoms with Crippen molar-refractivity contribution in [3.05, 3.63) is 24.0 Å². The average Bonchev–Trinajstić information content (AvgIpc) is 2.80. The summed E-state index contributed by atoms with van der Waals surface area (Å²) >= 11 is 0. The second-order valence-corrected chi connectivity index (χ2v) is 5.42. The van der Waals surface area contributed by atoms with Crippen LogP contribution >= 0.6 is 0 Å². The van der Waals surface area contributed by atoms with E-state index in [4.69, 9.17) is 14.7 Å². The third kappa shape index (κ3) is 3.71. The number of pyridine rings is 1. The predicted octanol–water partition coefficient (Wildman–Crippen LogP) is 0.319. The zero-order valence-electron chi connectivity index (χ0n) is 12.7. The lowest BCUT2D eigenvalue weighted by molar-refractivity contribution is -0.890. The van der Waals surface area contributed by atoms with Crippen molar-refractivity contribution in [2.45, 2.75) is 38.9 Å². The van der Waals surface area contributed by atoms with E-state index in [-0.39, 0.29) is 18.6 Å². The number of aliphatic hydroxyl groups excluding tert-OH is 1. The van der Waals surface area contributed by atoms with Crippen molar-refractivity contribution in [3.8, 4) is 0 Å². The van der Waals surface area contributed by atoms with Gasteiger partial charge in [-0.15, -0.1) is 0 Å². The number of nitrogens with one attached hydrogen (secondary N) is 1. The summed E-state index contributed by atoms with van der Waals surface area (Å²) < 4.78 is 7.18. The molecule has 3 atom stereocenters. The highest BCUT2D eigenvalue weighted by Crippen LogP contribution is 2.26. The van der Waals surface area contributed by atoms with E-state index >= 15 is 0 Å². The second kappa shape index (κ2) is 6.87. The third-order valence-electron chi connectivity index (χ3n) is 3.89. The molecule has 1 aliphatic heterocycles. The predicted molar refractivity (Wildman–Crippen MR) is 76.7 cm³/mol. The van der Waals surface area contributed by atoms with Gasteiger partial charge in [0.05, 0.1) is 19.1 Å². The number of aliphatic hydroxyl groups is 1. The quantitative estimate of drug-likeness (QED) is 0.768. The van der Waals surface area contributed by atoms with Crippen molar-refractivity contribution in [1.82, 2.24) is 0 Å². The number of amides is 1. The fraction of sp³-hybridized carbons (Fsp3) is 0.600. The largest absolute Gasteiger partial charge is 0.396 e. The summed E-state index contributed by atoms with van der Waals surface area (Å²) in [6.07, 6.45) is 2.62. The Kier molecular flexibility index (Phi) is 5.14. The molecule has 1 aromatic heterocycles. The Morgan fingerprint density at radius 3 is 2.86 bits per heavy atom. The number of rotatable bonds is 5. The Morgan fingerprint density at radius 2 is 2.29 bits per heavy atom. The van der Waals surface area contributed by atoms with Crippen LogP contribution in [0.2, 0.25) is 0 Å².